The summed E-state index contributed by atoms with van der Waals surface area (Å²) in [7, 11) is 1.31. The average Bonchev–Trinajstić information content (AvgIpc) is 2.60. The molecule has 0 spiro atoms. The van der Waals surface area contributed by atoms with Gasteiger partial charge in [0.2, 0.25) is 0 Å². The molecule has 0 amide bonds. The van der Waals surface area contributed by atoms with E-state index in [4.69, 9.17) is 5.11 Å². The predicted molar refractivity (Wildman–Crippen MR) is 49.6 cm³/mol. The third-order valence-electron chi connectivity index (χ3n) is 3.06. The Morgan fingerprint density at radius 3 is 2.36 bits per heavy atom. The van der Waals surface area contributed by atoms with Crippen LogP contribution in [0.5, 0.6) is 0 Å². The van der Waals surface area contributed by atoms with E-state index < -0.39 is 17.8 Å². The molecule has 1 fully saturated rings. The standard InChI is InChI=1S/C10H16O4/c1-3-6-4-7(9(11)12)8(5-6)10(13)14-2/h6-8H,3-5H2,1-2H3,(H,11,12)/t6?,7-,8+/m1/s1. The number of hydrogen-bond donors (Lipinski definition) is 1. The summed E-state index contributed by atoms with van der Waals surface area (Å²) in [5, 5.41) is 8.93. The van der Waals surface area contributed by atoms with Crippen LogP contribution in [-0.4, -0.2) is 24.2 Å². The van der Waals surface area contributed by atoms with Crippen LogP contribution in [0.15, 0.2) is 0 Å². The number of carbonyl (C=O) groups excluding carboxylic acids is 1. The number of rotatable bonds is 3. The van der Waals surface area contributed by atoms with E-state index in [2.05, 4.69) is 4.74 Å². The van der Waals surface area contributed by atoms with Gasteiger partial charge in [0.1, 0.15) is 0 Å². The van der Waals surface area contributed by atoms with Crippen LogP contribution in [-0.2, 0) is 14.3 Å². The zero-order valence-corrected chi connectivity index (χ0v) is 8.53. The van der Waals surface area contributed by atoms with Crippen molar-refractivity contribution in [3.05, 3.63) is 0 Å². The molecule has 1 rings (SSSR count). The second kappa shape index (κ2) is 4.44. The number of esters is 1. The lowest BCUT2D eigenvalue weighted by atomic mass is 9.97. The molecule has 14 heavy (non-hydrogen) atoms. The minimum atomic E-state index is -0.878. The molecule has 4 heteroatoms. The van der Waals surface area contributed by atoms with Crippen LogP contribution in [0.1, 0.15) is 26.2 Å². The van der Waals surface area contributed by atoms with Crippen molar-refractivity contribution in [2.75, 3.05) is 7.11 Å². The van der Waals surface area contributed by atoms with E-state index in [0.717, 1.165) is 6.42 Å². The Labute approximate surface area is 83.2 Å². The number of carboxylic acid groups (broad SMARTS) is 1. The lowest BCUT2D eigenvalue weighted by Gasteiger charge is -2.12. The van der Waals surface area contributed by atoms with Crippen LogP contribution >= 0.6 is 0 Å². The van der Waals surface area contributed by atoms with E-state index in [9.17, 15) is 9.59 Å². The topological polar surface area (TPSA) is 63.6 Å². The highest BCUT2D eigenvalue weighted by molar-refractivity contribution is 5.81. The molecule has 0 aromatic heterocycles. The molecule has 1 unspecified atom stereocenters. The second-order valence-corrected chi connectivity index (χ2v) is 3.82. The summed E-state index contributed by atoms with van der Waals surface area (Å²) in [4.78, 5) is 22.2. The molecule has 1 aliphatic rings. The molecule has 1 N–H and O–H groups in total. The predicted octanol–water partition coefficient (Wildman–Crippen LogP) is 1.30. The van der Waals surface area contributed by atoms with Gasteiger partial charge in [-0.05, 0) is 18.8 Å². The molecule has 3 atom stereocenters. The minimum Gasteiger partial charge on any atom is -0.481 e. The van der Waals surface area contributed by atoms with E-state index in [1.165, 1.54) is 7.11 Å². The van der Waals surface area contributed by atoms with Gasteiger partial charge in [0.05, 0.1) is 18.9 Å². The fourth-order valence-electron chi connectivity index (χ4n) is 2.16. The highest BCUT2D eigenvalue weighted by Gasteiger charge is 2.42. The van der Waals surface area contributed by atoms with Crippen molar-refractivity contribution < 1.29 is 19.4 Å². The Kier molecular flexibility index (Phi) is 3.49. The van der Waals surface area contributed by atoms with E-state index in [1.807, 2.05) is 6.92 Å². The minimum absolute atomic E-state index is 0.347. The Morgan fingerprint density at radius 2 is 1.93 bits per heavy atom. The van der Waals surface area contributed by atoms with Crippen molar-refractivity contribution in [2.45, 2.75) is 26.2 Å². The number of carbonyl (C=O) groups is 2. The van der Waals surface area contributed by atoms with Gasteiger partial charge in [-0.2, -0.15) is 0 Å². The molecule has 0 heterocycles. The first-order valence-electron chi connectivity index (χ1n) is 4.90. The number of hydrogen-bond acceptors (Lipinski definition) is 3. The van der Waals surface area contributed by atoms with Gasteiger partial charge in [-0.1, -0.05) is 13.3 Å². The van der Waals surface area contributed by atoms with Gasteiger partial charge in [-0.25, -0.2) is 0 Å². The summed E-state index contributed by atoms with van der Waals surface area (Å²) in [6.45, 7) is 2.02. The smallest absolute Gasteiger partial charge is 0.309 e. The molecule has 4 nitrogen and oxygen atoms in total. The molecule has 0 aromatic rings. The van der Waals surface area contributed by atoms with Crippen molar-refractivity contribution in [2.24, 2.45) is 17.8 Å². The van der Waals surface area contributed by atoms with E-state index in [-0.39, 0.29) is 5.97 Å². The molecule has 1 saturated carbocycles. The summed E-state index contributed by atoms with van der Waals surface area (Å²) < 4.78 is 4.61. The molecule has 0 radical (unpaired) electrons. The monoisotopic (exact) mass is 200 g/mol. The van der Waals surface area contributed by atoms with Crippen LogP contribution in [0.3, 0.4) is 0 Å². The number of carboxylic acids is 1. The van der Waals surface area contributed by atoms with Crippen molar-refractivity contribution in [1.82, 2.24) is 0 Å². The van der Waals surface area contributed by atoms with Crippen LogP contribution in [0.2, 0.25) is 0 Å². The van der Waals surface area contributed by atoms with Crippen molar-refractivity contribution in [1.29, 1.82) is 0 Å². The maximum absolute atomic E-state index is 11.3. The summed E-state index contributed by atoms with van der Waals surface area (Å²) in [5.74, 6) is -1.90. The Morgan fingerprint density at radius 1 is 1.36 bits per heavy atom. The molecule has 0 bridgehead atoms. The van der Waals surface area contributed by atoms with Crippen LogP contribution in [0, 0.1) is 17.8 Å². The fraction of sp³-hybridized carbons (Fsp3) is 0.800. The first kappa shape index (κ1) is 11.0. The Bertz CT molecular complexity index is 236. The number of aliphatic carboxylic acids is 1. The van der Waals surface area contributed by atoms with Crippen molar-refractivity contribution >= 4 is 11.9 Å². The highest BCUT2D eigenvalue weighted by atomic mass is 16.5. The molecule has 0 saturated heterocycles. The van der Waals surface area contributed by atoms with Crippen LogP contribution in [0.4, 0.5) is 0 Å². The second-order valence-electron chi connectivity index (χ2n) is 3.82. The molecule has 0 aliphatic heterocycles. The summed E-state index contributed by atoms with van der Waals surface area (Å²) in [6.07, 6.45) is 2.18. The zero-order valence-electron chi connectivity index (χ0n) is 8.53. The normalized spacial score (nSPS) is 31.4. The van der Waals surface area contributed by atoms with Crippen LogP contribution in [0.25, 0.3) is 0 Å². The Balaban J connectivity index is 2.71. The summed E-state index contributed by atoms with van der Waals surface area (Å²) in [6, 6.07) is 0. The quantitative estimate of drug-likeness (QED) is 0.697. The van der Waals surface area contributed by atoms with Crippen molar-refractivity contribution in [3.63, 3.8) is 0 Å². The molecular weight excluding hydrogens is 184 g/mol. The third-order valence-corrected chi connectivity index (χ3v) is 3.06. The van der Waals surface area contributed by atoms with Gasteiger partial charge < -0.3 is 9.84 Å². The maximum atomic E-state index is 11.3. The Hall–Kier alpha value is -1.06. The lowest BCUT2D eigenvalue weighted by Crippen LogP contribution is -2.26. The molecule has 80 valence electrons. The van der Waals surface area contributed by atoms with Crippen molar-refractivity contribution in [3.8, 4) is 0 Å². The van der Waals surface area contributed by atoms with E-state index in [1.54, 1.807) is 0 Å². The molecular formula is C10H16O4. The number of ether oxygens (including phenoxy) is 1. The molecule has 1 aliphatic carbocycles. The van der Waals surface area contributed by atoms with Gasteiger partial charge in [0, 0.05) is 0 Å². The SMILES string of the molecule is CCC1C[C@H](C(=O)OC)[C@H](C(=O)O)C1. The lowest BCUT2D eigenvalue weighted by molar-refractivity contribution is -0.154. The summed E-state index contributed by atoms with van der Waals surface area (Å²) in [5.41, 5.74) is 0. The first-order chi connectivity index (χ1) is 6.60. The first-order valence-corrected chi connectivity index (χ1v) is 4.90. The van der Waals surface area contributed by atoms with Gasteiger partial charge in [-0.3, -0.25) is 9.59 Å². The third kappa shape index (κ3) is 2.05. The highest BCUT2D eigenvalue weighted by Crippen LogP contribution is 2.38. The van der Waals surface area contributed by atoms with Crippen LogP contribution < -0.4 is 0 Å². The fourth-order valence-corrected chi connectivity index (χ4v) is 2.16. The number of methoxy groups -OCH3 is 1. The largest absolute Gasteiger partial charge is 0.481 e. The van der Waals surface area contributed by atoms with Gasteiger partial charge in [0.25, 0.3) is 0 Å². The zero-order chi connectivity index (χ0) is 10.7. The van der Waals surface area contributed by atoms with E-state index >= 15 is 0 Å². The van der Waals surface area contributed by atoms with Gasteiger partial charge in [0.15, 0.2) is 0 Å². The average molecular weight is 200 g/mol. The maximum Gasteiger partial charge on any atom is 0.309 e. The molecule has 0 aromatic carbocycles. The summed E-state index contributed by atoms with van der Waals surface area (Å²) >= 11 is 0. The van der Waals surface area contributed by atoms with Gasteiger partial charge in [-0.15, -0.1) is 0 Å². The van der Waals surface area contributed by atoms with E-state index in [0.29, 0.717) is 18.8 Å². The van der Waals surface area contributed by atoms with Gasteiger partial charge >= 0.3 is 11.9 Å².